The standard InChI is InChI=1S/C13H19NOS/c1-8(15)11-9-7-16-6-5-10(9)14-12(11)13(2,3)4/h14H,5-7H2,1-4H3. The van der Waals surface area contributed by atoms with Crippen molar-refractivity contribution in [3.05, 3.63) is 22.5 Å². The summed E-state index contributed by atoms with van der Waals surface area (Å²) in [5, 5.41) is 0. The van der Waals surface area contributed by atoms with E-state index in [4.69, 9.17) is 0 Å². The van der Waals surface area contributed by atoms with Crippen LogP contribution in [0.5, 0.6) is 0 Å². The molecule has 1 aliphatic rings. The van der Waals surface area contributed by atoms with E-state index in [0.29, 0.717) is 0 Å². The maximum Gasteiger partial charge on any atom is 0.161 e. The molecule has 0 aromatic carbocycles. The Morgan fingerprint density at radius 1 is 1.38 bits per heavy atom. The zero-order valence-electron chi connectivity index (χ0n) is 10.4. The second-order valence-electron chi connectivity index (χ2n) is 5.44. The molecule has 0 radical (unpaired) electrons. The minimum atomic E-state index is 0.0169. The van der Waals surface area contributed by atoms with Crippen molar-refractivity contribution in [2.45, 2.75) is 45.3 Å². The Morgan fingerprint density at radius 3 is 2.62 bits per heavy atom. The fraction of sp³-hybridized carbons (Fsp3) is 0.615. The number of aryl methyl sites for hydroxylation is 1. The van der Waals surface area contributed by atoms with Gasteiger partial charge in [-0.3, -0.25) is 4.79 Å². The molecular formula is C13H19NOS. The van der Waals surface area contributed by atoms with Crippen LogP contribution in [-0.2, 0) is 17.6 Å². The molecule has 2 nitrogen and oxygen atoms in total. The van der Waals surface area contributed by atoms with Crippen LogP contribution in [0.4, 0.5) is 0 Å². The first kappa shape index (κ1) is 11.8. The Balaban J connectivity index is 2.61. The van der Waals surface area contributed by atoms with Crippen molar-refractivity contribution < 1.29 is 4.79 Å². The van der Waals surface area contributed by atoms with Gasteiger partial charge in [0.2, 0.25) is 0 Å². The van der Waals surface area contributed by atoms with Crippen molar-refractivity contribution in [1.29, 1.82) is 0 Å². The number of thioether (sulfide) groups is 1. The molecule has 3 heteroatoms. The van der Waals surface area contributed by atoms with Crippen LogP contribution in [0.15, 0.2) is 0 Å². The highest BCUT2D eigenvalue weighted by Crippen LogP contribution is 2.35. The van der Waals surface area contributed by atoms with Gasteiger partial charge in [-0.25, -0.2) is 0 Å². The Bertz CT molecular complexity index is 426. The molecule has 1 aromatic rings. The van der Waals surface area contributed by atoms with Gasteiger partial charge in [0, 0.05) is 28.1 Å². The van der Waals surface area contributed by atoms with Gasteiger partial charge >= 0.3 is 0 Å². The molecule has 16 heavy (non-hydrogen) atoms. The maximum absolute atomic E-state index is 11.8. The van der Waals surface area contributed by atoms with Gasteiger partial charge in [0.1, 0.15) is 0 Å². The van der Waals surface area contributed by atoms with E-state index in [9.17, 15) is 4.79 Å². The second-order valence-corrected chi connectivity index (χ2v) is 6.55. The van der Waals surface area contributed by atoms with Crippen LogP contribution in [0.2, 0.25) is 0 Å². The molecule has 88 valence electrons. The number of rotatable bonds is 1. The van der Waals surface area contributed by atoms with Crippen LogP contribution in [0.25, 0.3) is 0 Å². The number of Topliss-reactive ketones (excluding diaryl/α,β-unsaturated/α-hetero) is 1. The highest BCUT2D eigenvalue weighted by molar-refractivity contribution is 7.98. The van der Waals surface area contributed by atoms with Crippen molar-refractivity contribution in [2.75, 3.05) is 5.75 Å². The number of hydrogen-bond acceptors (Lipinski definition) is 2. The number of carbonyl (C=O) groups excluding carboxylic acids is 1. The lowest BCUT2D eigenvalue weighted by Gasteiger charge is -2.18. The third-order valence-electron chi connectivity index (χ3n) is 3.04. The lowest BCUT2D eigenvalue weighted by atomic mass is 9.87. The summed E-state index contributed by atoms with van der Waals surface area (Å²) < 4.78 is 0. The smallest absolute Gasteiger partial charge is 0.161 e. The van der Waals surface area contributed by atoms with Crippen LogP contribution in [0.1, 0.15) is 55.0 Å². The number of carbonyl (C=O) groups is 1. The van der Waals surface area contributed by atoms with E-state index in [1.54, 1.807) is 6.92 Å². The lowest BCUT2D eigenvalue weighted by molar-refractivity contribution is 0.101. The molecule has 0 aliphatic carbocycles. The second kappa shape index (κ2) is 3.95. The Morgan fingerprint density at radius 2 is 2.06 bits per heavy atom. The molecule has 0 saturated heterocycles. The molecule has 0 atom stereocenters. The molecule has 1 N–H and O–H groups in total. The van der Waals surface area contributed by atoms with E-state index in [-0.39, 0.29) is 11.2 Å². The summed E-state index contributed by atoms with van der Waals surface area (Å²) in [6.45, 7) is 8.15. The fourth-order valence-corrected chi connectivity index (χ4v) is 3.28. The molecule has 1 aliphatic heterocycles. The summed E-state index contributed by atoms with van der Waals surface area (Å²) in [7, 11) is 0. The summed E-state index contributed by atoms with van der Waals surface area (Å²) >= 11 is 1.92. The SMILES string of the molecule is CC(=O)c1c(C(C)(C)C)[nH]c2c1CSCC2. The molecule has 2 rings (SSSR count). The number of hydrogen-bond donors (Lipinski definition) is 1. The predicted octanol–water partition coefficient (Wildman–Crippen LogP) is 3.30. The lowest BCUT2D eigenvalue weighted by Crippen LogP contribution is -2.16. The maximum atomic E-state index is 11.8. The summed E-state index contributed by atoms with van der Waals surface area (Å²) in [4.78, 5) is 15.3. The number of aromatic amines is 1. The average Bonchev–Trinajstić information content (AvgIpc) is 2.55. The summed E-state index contributed by atoms with van der Waals surface area (Å²) in [6.07, 6.45) is 1.07. The molecule has 0 bridgehead atoms. The Kier molecular flexibility index (Phi) is 2.91. The van der Waals surface area contributed by atoms with E-state index in [2.05, 4.69) is 25.8 Å². The minimum Gasteiger partial charge on any atom is -0.361 e. The number of ketones is 1. The molecule has 1 aromatic heterocycles. The summed E-state index contributed by atoms with van der Waals surface area (Å²) in [5.74, 6) is 2.34. The van der Waals surface area contributed by atoms with Crippen molar-refractivity contribution in [3.8, 4) is 0 Å². The van der Waals surface area contributed by atoms with Gasteiger partial charge in [0.25, 0.3) is 0 Å². The van der Waals surface area contributed by atoms with E-state index in [1.165, 1.54) is 11.3 Å². The Hall–Kier alpha value is -0.700. The van der Waals surface area contributed by atoms with Crippen molar-refractivity contribution in [1.82, 2.24) is 4.98 Å². The first-order valence-corrected chi connectivity index (χ1v) is 6.89. The van der Waals surface area contributed by atoms with Gasteiger partial charge < -0.3 is 4.98 Å². The highest BCUT2D eigenvalue weighted by Gasteiger charge is 2.28. The largest absolute Gasteiger partial charge is 0.361 e. The third kappa shape index (κ3) is 1.93. The zero-order chi connectivity index (χ0) is 11.9. The summed E-state index contributed by atoms with van der Waals surface area (Å²) in [6, 6.07) is 0. The summed E-state index contributed by atoms with van der Waals surface area (Å²) in [5.41, 5.74) is 4.63. The topological polar surface area (TPSA) is 32.9 Å². The van der Waals surface area contributed by atoms with Gasteiger partial charge in [0.05, 0.1) is 0 Å². The zero-order valence-corrected chi connectivity index (χ0v) is 11.3. The van der Waals surface area contributed by atoms with Crippen molar-refractivity contribution in [2.24, 2.45) is 0 Å². The van der Waals surface area contributed by atoms with E-state index < -0.39 is 0 Å². The molecule has 0 unspecified atom stereocenters. The average molecular weight is 237 g/mol. The fourth-order valence-electron chi connectivity index (χ4n) is 2.26. The molecule has 0 amide bonds. The predicted molar refractivity (Wildman–Crippen MR) is 69.4 cm³/mol. The first-order valence-electron chi connectivity index (χ1n) is 5.74. The van der Waals surface area contributed by atoms with E-state index in [1.807, 2.05) is 11.8 Å². The van der Waals surface area contributed by atoms with Gasteiger partial charge in [0.15, 0.2) is 5.78 Å². The number of aromatic nitrogens is 1. The van der Waals surface area contributed by atoms with Crippen LogP contribution in [0.3, 0.4) is 0 Å². The first-order chi connectivity index (χ1) is 7.41. The quantitative estimate of drug-likeness (QED) is 0.760. The van der Waals surface area contributed by atoms with Gasteiger partial charge in [-0.2, -0.15) is 11.8 Å². The molecular weight excluding hydrogens is 218 g/mol. The number of H-pyrrole nitrogens is 1. The number of nitrogens with one attached hydrogen (secondary N) is 1. The van der Waals surface area contributed by atoms with Crippen molar-refractivity contribution in [3.63, 3.8) is 0 Å². The normalized spacial score (nSPS) is 16.0. The molecule has 0 fully saturated rings. The third-order valence-corrected chi connectivity index (χ3v) is 4.02. The van der Waals surface area contributed by atoms with Crippen LogP contribution in [0, 0.1) is 0 Å². The van der Waals surface area contributed by atoms with Crippen LogP contribution >= 0.6 is 11.8 Å². The van der Waals surface area contributed by atoms with Gasteiger partial charge in [-0.05, 0) is 24.7 Å². The van der Waals surface area contributed by atoms with E-state index in [0.717, 1.165) is 29.2 Å². The molecule has 0 saturated carbocycles. The van der Waals surface area contributed by atoms with Crippen molar-refractivity contribution >= 4 is 17.5 Å². The number of fused-ring (bicyclic) bond motifs is 1. The minimum absolute atomic E-state index is 0.0169. The molecule has 2 heterocycles. The van der Waals surface area contributed by atoms with E-state index >= 15 is 0 Å². The molecule has 0 spiro atoms. The van der Waals surface area contributed by atoms with Crippen LogP contribution < -0.4 is 0 Å². The van der Waals surface area contributed by atoms with Gasteiger partial charge in [-0.15, -0.1) is 0 Å². The highest BCUT2D eigenvalue weighted by atomic mass is 32.2. The van der Waals surface area contributed by atoms with Crippen LogP contribution in [-0.4, -0.2) is 16.5 Å². The van der Waals surface area contributed by atoms with Gasteiger partial charge in [-0.1, -0.05) is 20.8 Å². The Labute approximate surface area is 101 Å². The monoisotopic (exact) mass is 237 g/mol.